The molecule has 0 aromatic heterocycles. The number of carbonyl (C=O) groups excluding carboxylic acids is 1. The minimum atomic E-state index is -0.158. The molecule has 2 rings (SSSR count). The fourth-order valence-electron chi connectivity index (χ4n) is 2.17. The van der Waals surface area contributed by atoms with E-state index < -0.39 is 0 Å². The molecule has 1 saturated carbocycles. The monoisotopic (exact) mass is 235 g/mol. The zero-order valence-electron chi connectivity index (χ0n) is 10.1. The Balaban J connectivity index is 2.01. The van der Waals surface area contributed by atoms with Crippen LogP contribution in [0.2, 0.25) is 0 Å². The molecule has 2 nitrogen and oxygen atoms in total. The molecular weight excluding hydrogens is 217 g/mol. The van der Waals surface area contributed by atoms with Crippen molar-refractivity contribution in [2.75, 3.05) is 6.54 Å². The van der Waals surface area contributed by atoms with Gasteiger partial charge in [-0.05, 0) is 30.9 Å². The van der Waals surface area contributed by atoms with Crippen molar-refractivity contribution in [2.24, 2.45) is 0 Å². The molecule has 1 aromatic carbocycles. The molecule has 0 spiro atoms. The van der Waals surface area contributed by atoms with Gasteiger partial charge in [-0.3, -0.25) is 4.79 Å². The number of rotatable bonds is 5. The van der Waals surface area contributed by atoms with E-state index in [9.17, 15) is 9.18 Å². The molecule has 0 aliphatic heterocycles. The molecule has 1 aliphatic carbocycles. The van der Waals surface area contributed by atoms with Crippen LogP contribution in [0.4, 0.5) is 4.39 Å². The smallest absolute Gasteiger partial charge is 0.220 e. The first-order valence-corrected chi connectivity index (χ1v) is 6.20. The van der Waals surface area contributed by atoms with Gasteiger partial charge in [0.15, 0.2) is 0 Å². The number of halogens is 1. The fraction of sp³-hybridized carbons (Fsp3) is 0.500. The van der Waals surface area contributed by atoms with Gasteiger partial charge in [-0.25, -0.2) is 4.39 Å². The van der Waals surface area contributed by atoms with E-state index in [0.29, 0.717) is 13.0 Å². The second-order valence-electron chi connectivity index (χ2n) is 4.79. The first kappa shape index (κ1) is 12.1. The lowest BCUT2D eigenvalue weighted by Crippen LogP contribution is -2.32. The van der Waals surface area contributed by atoms with Gasteiger partial charge in [-0.2, -0.15) is 0 Å². The Kier molecular flexibility index (Phi) is 3.46. The van der Waals surface area contributed by atoms with Gasteiger partial charge in [0.25, 0.3) is 0 Å². The van der Waals surface area contributed by atoms with Crippen LogP contribution in [0.1, 0.15) is 38.2 Å². The molecule has 1 aliphatic rings. The van der Waals surface area contributed by atoms with Gasteiger partial charge in [0.2, 0.25) is 5.91 Å². The van der Waals surface area contributed by atoms with Crippen molar-refractivity contribution >= 4 is 5.91 Å². The molecule has 1 aromatic rings. The van der Waals surface area contributed by atoms with Crippen molar-refractivity contribution < 1.29 is 9.18 Å². The Morgan fingerprint density at radius 2 is 2.12 bits per heavy atom. The van der Waals surface area contributed by atoms with Gasteiger partial charge in [-0.15, -0.1) is 0 Å². The summed E-state index contributed by atoms with van der Waals surface area (Å²) in [4.78, 5) is 11.4. The molecule has 0 radical (unpaired) electrons. The highest BCUT2D eigenvalue weighted by Crippen LogP contribution is 2.48. The summed E-state index contributed by atoms with van der Waals surface area (Å²) in [5.41, 5.74) is 0.603. The molecule has 1 N–H and O–H groups in total. The van der Waals surface area contributed by atoms with E-state index in [1.54, 1.807) is 6.07 Å². The average Bonchev–Trinajstić information content (AvgIpc) is 3.09. The molecule has 0 bridgehead atoms. The molecular formula is C14H18FNO. The first-order chi connectivity index (χ1) is 8.18. The molecule has 0 saturated heterocycles. The maximum absolute atomic E-state index is 13.7. The van der Waals surface area contributed by atoms with Crippen LogP contribution < -0.4 is 5.32 Å². The third-order valence-electron chi connectivity index (χ3n) is 3.40. The zero-order valence-corrected chi connectivity index (χ0v) is 10.1. The number of hydrogen-bond donors (Lipinski definition) is 1. The third-order valence-corrected chi connectivity index (χ3v) is 3.40. The van der Waals surface area contributed by atoms with Gasteiger partial charge < -0.3 is 5.32 Å². The van der Waals surface area contributed by atoms with Crippen LogP contribution in [0.25, 0.3) is 0 Å². The molecule has 3 heteroatoms. The molecule has 1 fully saturated rings. The van der Waals surface area contributed by atoms with E-state index in [4.69, 9.17) is 0 Å². The summed E-state index contributed by atoms with van der Waals surface area (Å²) in [5.74, 6) is -0.0927. The van der Waals surface area contributed by atoms with Crippen LogP contribution in [-0.4, -0.2) is 12.5 Å². The average molecular weight is 235 g/mol. The predicted molar refractivity (Wildman–Crippen MR) is 65.2 cm³/mol. The number of nitrogens with one attached hydrogen (secondary N) is 1. The Hall–Kier alpha value is -1.38. The standard InChI is InChI=1S/C14H18FNO/c1-2-5-13(17)16-10-14(8-9-14)11-6-3-4-7-12(11)15/h3-4,6-7H,2,5,8-10H2,1H3,(H,16,17). The van der Waals surface area contributed by atoms with Crippen LogP contribution in [0.5, 0.6) is 0 Å². The number of benzene rings is 1. The minimum Gasteiger partial charge on any atom is -0.355 e. The van der Waals surface area contributed by atoms with Crippen LogP contribution in [0, 0.1) is 5.82 Å². The number of hydrogen-bond acceptors (Lipinski definition) is 1. The Morgan fingerprint density at radius 1 is 1.41 bits per heavy atom. The highest BCUT2D eigenvalue weighted by atomic mass is 19.1. The molecule has 1 amide bonds. The van der Waals surface area contributed by atoms with Crippen LogP contribution >= 0.6 is 0 Å². The molecule has 0 heterocycles. The van der Waals surface area contributed by atoms with Gasteiger partial charge in [0.05, 0.1) is 0 Å². The fourth-order valence-corrected chi connectivity index (χ4v) is 2.17. The summed E-state index contributed by atoms with van der Waals surface area (Å²) in [6.45, 7) is 2.54. The highest BCUT2D eigenvalue weighted by Gasteiger charge is 2.45. The van der Waals surface area contributed by atoms with Crippen LogP contribution in [-0.2, 0) is 10.2 Å². The Labute approximate surface area is 101 Å². The molecule has 92 valence electrons. The highest BCUT2D eigenvalue weighted by molar-refractivity contribution is 5.76. The SMILES string of the molecule is CCCC(=O)NCC1(c2ccccc2F)CC1. The predicted octanol–water partition coefficient (Wildman–Crippen LogP) is 2.77. The molecule has 0 atom stereocenters. The van der Waals surface area contributed by atoms with Gasteiger partial charge in [-0.1, -0.05) is 25.1 Å². The van der Waals surface area contributed by atoms with Crippen LogP contribution in [0.15, 0.2) is 24.3 Å². The van der Waals surface area contributed by atoms with Gasteiger partial charge in [0, 0.05) is 18.4 Å². The minimum absolute atomic E-state index is 0.0649. The summed E-state index contributed by atoms with van der Waals surface area (Å²) >= 11 is 0. The van der Waals surface area contributed by atoms with Crippen molar-refractivity contribution in [1.29, 1.82) is 0 Å². The van der Waals surface area contributed by atoms with Crippen LogP contribution in [0.3, 0.4) is 0 Å². The summed E-state index contributed by atoms with van der Waals surface area (Å²) in [6.07, 6.45) is 3.31. The molecule has 17 heavy (non-hydrogen) atoms. The summed E-state index contributed by atoms with van der Waals surface area (Å²) in [7, 11) is 0. The number of amides is 1. The van der Waals surface area contributed by atoms with Crippen molar-refractivity contribution in [2.45, 2.75) is 38.0 Å². The van der Waals surface area contributed by atoms with E-state index in [-0.39, 0.29) is 17.1 Å². The van der Waals surface area contributed by atoms with E-state index in [1.165, 1.54) is 6.07 Å². The lowest BCUT2D eigenvalue weighted by Gasteiger charge is -2.17. The molecule has 0 unspecified atom stereocenters. The second kappa shape index (κ2) is 4.86. The van der Waals surface area contributed by atoms with E-state index in [0.717, 1.165) is 24.8 Å². The van der Waals surface area contributed by atoms with E-state index in [1.807, 2.05) is 19.1 Å². The topological polar surface area (TPSA) is 29.1 Å². The maximum Gasteiger partial charge on any atom is 0.220 e. The zero-order chi connectivity index (χ0) is 12.3. The largest absolute Gasteiger partial charge is 0.355 e. The Bertz CT molecular complexity index is 412. The third kappa shape index (κ3) is 2.65. The van der Waals surface area contributed by atoms with Crippen molar-refractivity contribution in [3.05, 3.63) is 35.6 Å². The van der Waals surface area contributed by atoms with Crippen molar-refractivity contribution in [1.82, 2.24) is 5.32 Å². The number of carbonyl (C=O) groups is 1. The summed E-state index contributed by atoms with van der Waals surface area (Å²) < 4.78 is 13.7. The van der Waals surface area contributed by atoms with Crippen molar-refractivity contribution in [3.63, 3.8) is 0 Å². The van der Waals surface area contributed by atoms with Gasteiger partial charge in [0.1, 0.15) is 5.82 Å². The Morgan fingerprint density at radius 3 is 2.71 bits per heavy atom. The van der Waals surface area contributed by atoms with E-state index in [2.05, 4.69) is 5.32 Å². The quantitative estimate of drug-likeness (QED) is 0.835. The van der Waals surface area contributed by atoms with E-state index >= 15 is 0 Å². The van der Waals surface area contributed by atoms with Gasteiger partial charge >= 0.3 is 0 Å². The first-order valence-electron chi connectivity index (χ1n) is 6.20. The second-order valence-corrected chi connectivity index (χ2v) is 4.79. The van der Waals surface area contributed by atoms with Crippen molar-refractivity contribution in [3.8, 4) is 0 Å². The lowest BCUT2D eigenvalue weighted by atomic mass is 9.95. The summed E-state index contributed by atoms with van der Waals surface area (Å²) in [5, 5.41) is 2.91. The summed E-state index contributed by atoms with van der Waals surface area (Å²) in [6, 6.07) is 6.87. The normalized spacial score (nSPS) is 16.6. The maximum atomic E-state index is 13.7. The lowest BCUT2D eigenvalue weighted by molar-refractivity contribution is -0.121.